The van der Waals surface area contributed by atoms with Gasteiger partial charge in [-0.1, -0.05) is 0 Å². The number of nitrogens with zero attached hydrogens (tertiary/aromatic N) is 2. The van der Waals surface area contributed by atoms with Gasteiger partial charge in [-0.25, -0.2) is 22.0 Å². The fourth-order valence-corrected chi connectivity index (χ4v) is 3.09. The Labute approximate surface area is 113 Å². The Kier molecular flexibility index (Phi) is 3.21. The number of hydrogen-bond donors (Lipinski definition) is 0. The molecule has 3 aliphatic rings. The van der Waals surface area contributed by atoms with Crippen LogP contribution in [0.3, 0.4) is 0 Å². The van der Waals surface area contributed by atoms with E-state index in [2.05, 4.69) is 4.90 Å². The summed E-state index contributed by atoms with van der Waals surface area (Å²) in [4.78, 5) is 2.23. The second kappa shape index (κ2) is 4.66. The van der Waals surface area contributed by atoms with Gasteiger partial charge < -0.3 is 4.48 Å². The molecule has 1 aromatic carbocycles. The molecule has 0 spiro atoms. The minimum atomic E-state index is -2.09. The van der Waals surface area contributed by atoms with Crippen LogP contribution in [0.15, 0.2) is 0 Å². The Morgan fingerprint density at radius 2 is 1.10 bits per heavy atom. The smallest absolute Gasteiger partial charge is 0.200 e. The van der Waals surface area contributed by atoms with Crippen molar-refractivity contribution in [3.63, 3.8) is 0 Å². The molecule has 4 rings (SSSR count). The van der Waals surface area contributed by atoms with Crippen LogP contribution in [0.5, 0.6) is 0 Å². The van der Waals surface area contributed by atoms with E-state index < -0.39 is 34.6 Å². The standard InChI is InChI=1S/C13H14F5N2/c14-9-8(10(15)12(17)13(18)11(9)16)7-20-4-1-19(2-5-20)3-6-20/h1-7H2/q+1. The van der Waals surface area contributed by atoms with Crippen molar-refractivity contribution in [2.45, 2.75) is 6.54 Å². The van der Waals surface area contributed by atoms with Crippen molar-refractivity contribution in [2.75, 3.05) is 39.3 Å². The summed E-state index contributed by atoms with van der Waals surface area (Å²) in [6.45, 7) is 4.30. The summed E-state index contributed by atoms with van der Waals surface area (Å²) in [6.07, 6.45) is 0. The topological polar surface area (TPSA) is 3.24 Å². The van der Waals surface area contributed by atoms with Crippen LogP contribution in [-0.4, -0.2) is 48.7 Å². The molecule has 0 amide bonds. The maximum atomic E-state index is 13.7. The highest BCUT2D eigenvalue weighted by Crippen LogP contribution is 2.29. The predicted octanol–water partition coefficient (Wildman–Crippen LogP) is 2.03. The van der Waals surface area contributed by atoms with Crippen LogP contribution >= 0.6 is 0 Å². The maximum absolute atomic E-state index is 13.7. The molecular weight excluding hydrogens is 279 g/mol. The van der Waals surface area contributed by atoms with Gasteiger partial charge in [0.25, 0.3) is 0 Å². The number of hydrogen-bond acceptors (Lipinski definition) is 1. The van der Waals surface area contributed by atoms with Crippen LogP contribution in [0.1, 0.15) is 5.56 Å². The van der Waals surface area contributed by atoms with E-state index in [-0.39, 0.29) is 6.54 Å². The lowest BCUT2D eigenvalue weighted by Gasteiger charge is -2.50. The van der Waals surface area contributed by atoms with Crippen molar-refractivity contribution in [2.24, 2.45) is 0 Å². The summed E-state index contributed by atoms with van der Waals surface area (Å²) < 4.78 is 67.3. The summed E-state index contributed by atoms with van der Waals surface area (Å²) in [6, 6.07) is 0. The number of rotatable bonds is 2. The second-order valence-corrected chi connectivity index (χ2v) is 5.56. The highest BCUT2D eigenvalue weighted by atomic mass is 19.2. The zero-order chi connectivity index (χ0) is 14.5. The molecule has 3 heterocycles. The quantitative estimate of drug-likeness (QED) is 0.349. The summed E-state index contributed by atoms with van der Waals surface area (Å²) in [5, 5.41) is 0. The number of benzene rings is 1. The van der Waals surface area contributed by atoms with Crippen molar-refractivity contribution in [1.82, 2.24) is 4.90 Å². The average Bonchev–Trinajstić information content (AvgIpc) is 2.49. The Morgan fingerprint density at radius 1 is 0.700 bits per heavy atom. The third kappa shape index (κ3) is 2.00. The molecule has 3 aliphatic heterocycles. The molecule has 7 heteroatoms. The molecule has 20 heavy (non-hydrogen) atoms. The molecule has 0 N–H and O–H groups in total. The largest absolute Gasteiger partial charge is 0.316 e. The van der Waals surface area contributed by atoms with Crippen molar-refractivity contribution in [3.8, 4) is 0 Å². The van der Waals surface area contributed by atoms with Gasteiger partial charge in [0, 0.05) is 19.6 Å². The lowest BCUT2D eigenvalue weighted by molar-refractivity contribution is -0.953. The molecular formula is C13H14F5N2+. The SMILES string of the molecule is Fc1c(F)c(F)c(C[N+]23CCN(CC2)CC3)c(F)c1F. The van der Waals surface area contributed by atoms with E-state index >= 15 is 0 Å². The second-order valence-electron chi connectivity index (χ2n) is 5.56. The molecule has 0 aromatic heterocycles. The van der Waals surface area contributed by atoms with E-state index in [0.717, 1.165) is 19.6 Å². The number of quaternary nitrogens is 1. The van der Waals surface area contributed by atoms with Gasteiger partial charge >= 0.3 is 0 Å². The Hall–Kier alpha value is -1.21. The number of halogens is 5. The van der Waals surface area contributed by atoms with Gasteiger partial charge in [0.05, 0.1) is 25.2 Å². The van der Waals surface area contributed by atoms with E-state index in [9.17, 15) is 22.0 Å². The number of fused-ring (bicyclic) bond motifs is 3. The molecule has 0 saturated carbocycles. The molecule has 3 fully saturated rings. The van der Waals surface area contributed by atoms with E-state index in [0.29, 0.717) is 24.1 Å². The first-order valence-corrected chi connectivity index (χ1v) is 6.51. The molecule has 2 nitrogen and oxygen atoms in total. The maximum Gasteiger partial charge on any atom is 0.200 e. The van der Waals surface area contributed by atoms with Crippen molar-refractivity contribution in [3.05, 3.63) is 34.6 Å². The molecule has 0 radical (unpaired) electrons. The minimum Gasteiger partial charge on any atom is -0.316 e. The minimum absolute atomic E-state index is 0.139. The van der Waals surface area contributed by atoms with Crippen LogP contribution in [0, 0.1) is 29.1 Å². The highest BCUT2D eigenvalue weighted by molar-refractivity contribution is 5.23. The van der Waals surface area contributed by atoms with E-state index in [1.165, 1.54) is 0 Å². The van der Waals surface area contributed by atoms with Gasteiger partial charge in [-0.05, 0) is 0 Å². The Bertz CT molecular complexity index is 509. The molecule has 2 bridgehead atoms. The van der Waals surface area contributed by atoms with Gasteiger partial charge in [0.15, 0.2) is 23.3 Å². The molecule has 0 aliphatic carbocycles. The first-order valence-electron chi connectivity index (χ1n) is 6.51. The van der Waals surface area contributed by atoms with Gasteiger partial charge in [-0.3, -0.25) is 4.90 Å². The van der Waals surface area contributed by atoms with Crippen molar-refractivity contribution >= 4 is 0 Å². The fourth-order valence-electron chi connectivity index (χ4n) is 3.09. The molecule has 0 atom stereocenters. The summed E-state index contributed by atoms with van der Waals surface area (Å²) in [5.41, 5.74) is -0.684. The van der Waals surface area contributed by atoms with Gasteiger partial charge in [-0.15, -0.1) is 0 Å². The first kappa shape index (κ1) is 13.8. The molecule has 3 saturated heterocycles. The highest BCUT2D eigenvalue weighted by Gasteiger charge is 2.40. The molecule has 1 aromatic rings. The van der Waals surface area contributed by atoms with E-state index in [4.69, 9.17) is 0 Å². The zero-order valence-electron chi connectivity index (χ0n) is 10.7. The monoisotopic (exact) mass is 293 g/mol. The van der Waals surface area contributed by atoms with Crippen molar-refractivity contribution in [1.29, 1.82) is 0 Å². The van der Waals surface area contributed by atoms with Crippen molar-refractivity contribution < 1.29 is 26.4 Å². The summed E-state index contributed by atoms with van der Waals surface area (Å²) in [7, 11) is 0. The Balaban J connectivity index is 1.99. The predicted molar refractivity (Wildman–Crippen MR) is 61.2 cm³/mol. The lowest BCUT2D eigenvalue weighted by Crippen LogP contribution is -2.66. The Morgan fingerprint density at radius 3 is 1.55 bits per heavy atom. The van der Waals surface area contributed by atoms with Gasteiger partial charge in [-0.2, -0.15) is 0 Å². The summed E-state index contributed by atoms with van der Waals surface area (Å²) in [5.74, 6) is -9.18. The fraction of sp³-hybridized carbons (Fsp3) is 0.538. The normalized spacial score (nSPS) is 28.9. The summed E-state index contributed by atoms with van der Waals surface area (Å²) >= 11 is 0. The van der Waals surface area contributed by atoms with E-state index in [1.54, 1.807) is 0 Å². The zero-order valence-corrected chi connectivity index (χ0v) is 10.7. The third-order valence-electron chi connectivity index (χ3n) is 4.47. The third-order valence-corrected chi connectivity index (χ3v) is 4.47. The molecule has 0 unspecified atom stereocenters. The van der Waals surface area contributed by atoms with Gasteiger partial charge in [0.1, 0.15) is 6.54 Å². The lowest BCUT2D eigenvalue weighted by atomic mass is 10.1. The average molecular weight is 293 g/mol. The van der Waals surface area contributed by atoms with Crippen LogP contribution < -0.4 is 0 Å². The van der Waals surface area contributed by atoms with Crippen LogP contribution in [-0.2, 0) is 6.54 Å². The van der Waals surface area contributed by atoms with Crippen LogP contribution in [0.2, 0.25) is 0 Å². The van der Waals surface area contributed by atoms with Crippen LogP contribution in [0.4, 0.5) is 22.0 Å². The molecule has 110 valence electrons. The van der Waals surface area contributed by atoms with E-state index in [1.807, 2.05) is 0 Å². The first-order chi connectivity index (χ1) is 9.43. The van der Waals surface area contributed by atoms with Gasteiger partial charge in [0.2, 0.25) is 5.82 Å². The number of piperazine rings is 3. The van der Waals surface area contributed by atoms with Crippen LogP contribution in [0.25, 0.3) is 0 Å².